The van der Waals surface area contributed by atoms with Crippen LogP contribution in [-0.4, -0.2) is 36.7 Å². The first kappa shape index (κ1) is 25.7. The molecule has 1 heterocycles. The lowest BCUT2D eigenvalue weighted by molar-refractivity contribution is -0.119. The van der Waals surface area contributed by atoms with Crippen LogP contribution in [0.15, 0.2) is 77.2 Å². The maximum Gasteiger partial charge on any atom is 0.271 e. The Morgan fingerprint density at radius 3 is 2.59 bits per heavy atom. The van der Waals surface area contributed by atoms with E-state index < -0.39 is 5.91 Å². The number of nitrogens with zero attached hydrogens (tertiary/aromatic N) is 2. The van der Waals surface area contributed by atoms with Crippen LogP contribution in [0.25, 0.3) is 11.3 Å². The number of nitrogens with one attached hydrogen (secondary N) is 2. The van der Waals surface area contributed by atoms with Crippen molar-refractivity contribution >= 4 is 51.8 Å². The van der Waals surface area contributed by atoms with Crippen molar-refractivity contribution in [3.05, 3.63) is 88.3 Å². The van der Waals surface area contributed by atoms with Crippen molar-refractivity contribution in [1.82, 2.24) is 10.4 Å². The minimum atomic E-state index is -0.643. The van der Waals surface area contributed by atoms with Gasteiger partial charge in [0.2, 0.25) is 0 Å². The SMILES string of the molecule is COc1cc(/C=N/NC(=O)c2ccc(-c3csc(Nc4ccccc4)n3)cc2)cc(Cl)c1OCC(N)=O. The number of hydrazone groups is 1. The summed E-state index contributed by atoms with van der Waals surface area (Å²) in [6.07, 6.45) is 1.41. The molecule has 0 atom stereocenters. The molecule has 0 bridgehead atoms. The van der Waals surface area contributed by atoms with Gasteiger partial charge < -0.3 is 20.5 Å². The molecule has 0 aliphatic heterocycles. The monoisotopic (exact) mass is 535 g/mol. The normalized spacial score (nSPS) is 10.8. The molecule has 0 aliphatic carbocycles. The second-order valence-electron chi connectivity index (χ2n) is 7.59. The summed E-state index contributed by atoms with van der Waals surface area (Å²) in [4.78, 5) is 28.1. The average Bonchev–Trinajstić information content (AvgIpc) is 3.36. The molecule has 4 N–H and O–H groups in total. The molecule has 188 valence electrons. The largest absolute Gasteiger partial charge is 0.493 e. The average molecular weight is 536 g/mol. The Balaban J connectivity index is 1.37. The first-order valence-electron chi connectivity index (χ1n) is 10.9. The zero-order valence-corrected chi connectivity index (χ0v) is 21.2. The Bertz CT molecular complexity index is 1420. The Kier molecular flexibility index (Phi) is 8.34. The van der Waals surface area contributed by atoms with Gasteiger partial charge in [0.15, 0.2) is 23.2 Å². The van der Waals surface area contributed by atoms with Gasteiger partial charge in [-0.2, -0.15) is 5.10 Å². The predicted octanol–water partition coefficient (Wildman–Crippen LogP) is 4.84. The fraction of sp³-hybridized carbons (Fsp3) is 0.0769. The Hall–Kier alpha value is -4.41. The molecule has 0 saturated heterocycles. The van der Waals surface area contributed by atoms with Crippen LogP contribution in [0.3, 0.4) is 0 Å². The number of ether oxygens (including phenoxy) is 2. The van der Waals surface area contributed by atoms with Gasteiger partial charge in [-0.15, -0.1) is 11.3 Å². The topological polar surface area (TPSA) is 128 Å². The number of nitrogens with two attached hydrogens (primary N) is 1. The number of hydrogen-bond donors (Lipinski definition) is 3. The van der Waals surface area contributed by atoms with Crippen molar-refractivity contribution in [2.75, 3.05) is 19.0 Å². The summed E-state index contributed by atoms with van der Waals surface area (Å²) in [6.45, 7) is -0.341. The van der Waals surface area contributed by atoms with E-state index in [1.807, 2.05) is 47.8 Å². The summed E-state index contributed by atoms with van der Waals surface area (Å²) < 4.78 is 10.5. The van der Waals surface area contributed by atoms with E-state index in [0.717, 1.165) is 22.1 Å². The summed E-state index contributed by atoms with van der Waals surface area (Å²) in [5, 5.41) is 10.2. The lowest BCUT2D eigenvalue weighted by Gasteiger charge is -2.12. The van der Waals surface area contributed by atoms with Gasteiger partial charge in [0.25, 0.3) is 11.8 Å². The van der Waals surface area contributed by atoms with Gasteiger partial charge in [0, 0.05) is 22.2 Å². The number of benzene rings is 3. The summed E-state index contributed by atoms with van der Waals surface area (Å²) in [5.74, 6) is -0.545. The van der Waals surface area contributed by atoms with E-state index in [2.05, 4.69) is 20.8 Å². The van der Waals surface area contributed by atoms with Crippen LogP contribution in [0.2, 0.25) is 5.02 Å². The molecule has 37 heavy (non-hydrogen) atoms. The fourth-order valence-electron chi connectivity index (χ4n) is 3.23. The molecule has 9 nitrogen and oxygen atoms in total. The lowest BCUT2D eigenvalue weighted by atomic mass is 10.1. The van der Waals surface area contributed by atoms with Gasteiger partial charge in [-0.25, -0.2) is 10.4 Å². The number of anilines is 2. The van der Waals surface area contributed by atoms with Crippen molar-refractivity contribution in [2.45, 2.75) is 0 Å². The van der Waals surface area contributed by atoms with Crippen LogP contribution in [0.4, 0.5) is 10.8 Å². The highest BCUT2D eigenvalue weighted by molar-refractivity contribution is 7.14. The first-order chi connectivity index (χ1) is 17.9. The molecule has 4 rings (SSSR count). The zero-order valence-electron chi connectivity index (χ0n) is 19.6. The highest BCUT2D eigenvalue weighted by Crippen LogP contribution is 2.36. The Labute approximate surface area is 221 Å². The minimum Gasteiger partial charge on any atom is -0.493 e. The number of carbonyl (C=O) groups is 2. The van der Waals surface area contributed by atoms with Gasteiger partial charge in [-0.05, 0) is 42.0 Å². The fourth-order valence-corrected chi connectivity index (χ4v) is 4.24. The summed E-state index contributed by atoms with van der Waals surface area (Å²) in [6, 6.07) is 20.0. The van der Waals surface area contributed by atoms with Crippen LogP contribution in [0.1, 0.15) is 15.9 Å². The van der Waals surface area contributed by atoms with Crippen LogP contribution >= 0.6 is 22.9 Å². The number of methoxy groups -OCH3 is 1. The first-order valence-corrected chi connectivity index (χ1v) is 12.2. The highest BCUT2D eigenvalue weighted by atomic mass is 35.5. The smallest absolute Gasteiger partial charge is 0.271 e. The van der Waals surface area contributed by atoms with E-state index in [-0.39, 0.29) is 23.3 Å². The zero-order chi connectivity index (χ0) is 26.2. The van der Waals surface area contributed by atoms with E-state index in [1.165, 1.54) is 24.7 Å². The molecule has 4 aromatic rings. The number of halogens is 1. The van der Waals surface area contributed by atoms with E-state index in [1.54, 1.807) is 24.3 Å². The third-order valence-corrected chi connectivity index (χ3v) is 6.00. The molecule has 2 amide bonds. The molecule has 1 aromatic heterocycles. The molecule has 0 spiro atoms. The van der Waals surface area contributed by atoms with Gasteiger partial charge in [0.1, 0.15) is 0 Å². The summed E-state index contributed by atoms with van der Waals surface area (Å²) in [5.41, 5.74) is 11.2. The number of hydrogen-bond acceptors (Lipinski definition) is 8. The second-order valence-corrected chi connectivity index (χ2v) is 8.86. The maximum atomic E-state index is 12.5. The predicted molar refractivity (Wildman–Crippen MR) is 145 cm³/mol. The van der Waals surface area contributed by atoms with Crippen LogP contribution in [0, 0.1) is 0 Å². The molecule has 0 unspecified atom stereocenters. The number of amides is 2. The van der Waals surface area contributed by atoms with Gasteiger partial charge in [-0.1, -0.05) is 41.9 Å². The van der Waals surface area contributed by atoms with Crippen LogP contribution in [-0.2, 0) is 4.79 Å². The molecule has 0 saturated carbocycles. The molecule has 3 aromatic carbocycles. The third-order valence-electron chi connectivity index (χ3n) is 4.96. The van der Waals surface area contributed by atoms with E-state index in [9.17, 15) is 9.59 Å². The molecule has 0 fully saturated rings. The maximum absolute atomic E-state index is 12.5. The van der Waals surface area contributed by atoms with Gasteiger partial charge in [-0.3, -0.25) is 9.59 Å². The van der Waals surface area contributed by atoms with Crippen molar-refractivity contribution in [2.24, 2.45) is 10.8 Å². The third kappa shape index (κ3) is 6.84. The van der Waals surface area contributed by atoms with E-state index in [4.69, 9.17) is 26.8 Å². The van der Waals surface area contributed by atoms with E-state index in [0.29, 0.717) is 16.9 Å². The Morgan fingerprint density at radius 1 is 1.14 bits per heavy atom. The number of thiazole rings is 1. The summed E-state index contributed by atoms with van der Waals surface area (Å²) >= 11 is 7.73. The molecule has 0 radical (unpaired) electrons. The second kappa shape index (κ2) is 12.0. The van der Waals surface area contributed by atoms with Crippen molar-refractivity contribution in [3.8, 4) is 22.8 Å². The standard InChI is InChI=1S/C26H22ClN5O4S/c1-35-22-12-16(11-20(27)24(22)36-14-23(28)33)13-29-32-25(34)18-9-7-17(8-10-18)21-15-37-26(31-21)30-19-5-3-2-4-6-19/h2-13,15H,14H2,1H3,(H2,28,33)(H,30,31)(H,32,34)/b29-13+. The van der Waals surface area contributed by atoms with Crippen LogP contribution < -0.4 is 25.9 Å². The number of para-hydroxylation sites is 1. The highest BCUT2D eigenvalue weighted by Gasteiger charge is 2.13. The number of aromatic nitrogens is 1. The summed E-state index contributed by atoms with van der Waals surface area (Å²) in [7, 11) is 1.43. The van der Waals surface area contributed by atoms with Crippen molar-refractivity contribution < 1.29 is 19.1 Å². The number of primary amides is 1. The van der Waals surface area contributed by atoms with Crippen molar-refractivity contribution in [3.63, 3.8) is 0 Å². The lowest BCUT2D eigenvalue weighted by Crippen LogP contribution is -2.20. The van der Waals surface area contributed by atoms with Crippen molar-refractivity contribution in [1.29, 1.82) is 0 Å². The number of carbonyl (C=O) groups excluding carboxylic acids is 2. The molecule has 0 aliphatic rings. The molecular weight excluding hydrogens is 514 g/mol. The molecule has 11 heteroatoms. The number of rotatable bonds is 10. The Morgan fingerprint density at radius 2 is 1.89 bits per heavy atom. The van der Waals surface area contributed by atoms with E-state index >= 15 is 0 Å². The van der Waals surface area contributed by atoms with Gasteiger partial charge in [0.05, 0.1) is 24.0 Å². The minimum absolute atomic E-state index is 0.187. The molecular formula is C26H22ClN5O4S. The van der Waals surface area contributed by atoms with Gasteiger partial charge >= 0.3 is 0 Å². The van der Waals surface area contributed by atoms with Crippen LogP contribution in [0.5, 0.6) is 11.5 Å². The quantitative estimate of drug-likeness (QED) is 0.197.